The van der Waals surface area contributed by atoms with Crippen LogP contribution in [0.5, 0.6) is 11.5 Å². The van der Waals surface area contributed by atoms with Crippen molar-refractivity contribution < 1.29 is 19.7 Å². The molecular formula is C27H40O4S. The number of esters is 1. The number of rotatable bonds is 12. The van der Waals surface area contributed by atoms with Gasteiger partial charge in [0, 0.05) is 16.2 Å². The van der Waals surface area contributed by atoms with Crippen LogP contribution in [0.15, 0.2) is 46.2 Å². The first-order valence-electron chi connectivity index (χ1n) is 11.7. The molecule has 32 heavy (non-hydrogen) atoms. The molecule has 2 aromatic rings. The minimum Gasteiger partial charge on any atom is -0.508 e. The molecule has 0 aliphatic rings. The van der Waals surface area contributed by atoms with Crippen LogP contribution >= 0.6 is 11.8 Å². The summed E-state index contributed by atoms with van der Waals surface area (Å²) in [6, 6.07) is 11.1. The molecule has 0 bridgehead atoms. The first kappa shape index (κ1) is 27.9. The summed E-state index contributed by atoms with van der Waals surface area (Å²) in [5.74, 6) is 0.561. The molecular weight excluding hydrogens is 420 g/mol. The zero-order valence-electron chi connectivity index (χ0n) is 20.2. The number of carbonyl (C=O) groups excluding carboxylic acids is 1. The normalized spacial score (nSPS) is 10.4. The van der Waals surface area contributed by atoms with Gasteiger partial charge in [-0.15, -0.1) is 0 Å². The van der Waals surface area contributed by atoms with Crippen molar-refractivity contribution in [2.24, 2.45) is 0 Å². The summed E-state index contributed by atoms with van der Waals surface area (Å²) < 4.78 is 4.58. The van der Waals surface area contributed by atoms with Gasteiger partial charge in [-0.3, -0.25) is 4.79 Å². The number of hydrogen-bond acceptors (Lipinski definition) is 5. The Balaban J connectivity index is 0.000000324. The second-order valence-corrected chi connectivity index (χ2v) is 9.30. The summed E-state index contributed by atoms with van der Waals surface area (Å²) in [7, 11) is 1.45. The first-order chi connectivity index (χ1) is 15.4. The van der Waals surface area contributed by atoms with Gasteiger partial charge in [-0.2, -0.15) is 0 Å². The van der Waals surface area contributed by atoms with Gasteiger partial charge >= 0.3 is 5.97 Å². The van der Waals surface area contributed by atoms with Gasteiger partial charge in [0.1, 0.15) is 11.5 Å². The molecule has 0 saturated heterocycles. The van der Waals surface area contributed by atoms with Crippen LogP contribution in [0.25, 0.3) is 0 Å². The summed E-state index contributed by atoms with van der Waals surface area (Å²) in [5.41, 5.74) is 1.73. The zero-order valence-corrected chi connectivity index (χ0v) is 21.0. The molecule has 0 atom stereocenters. The SMILES string of the molecule is CCCCCCCCCCCC(=O)OC.Cc1cc(Sc2ccc(O)c(C)c2)ccc1O. The number of phenols is 2. The molecule has 0 amide bonds. The van der Waals surface area contributed by atoms with Crippen LogP contribution in [-0.2, 0) is 9.53 Å². The Morgan fingerprint density at radius 2 is 1.22 bits per heavy atom. The summed E-state index contributed by atoms with van der Waals surface area (Å²) in [6.45, 7) is 6.00. The van der Waals surface area contributed by atoms with Gasteiger partial charge in [0.2, 0.25) is 0 Å². The van der Waals surface area contributed by atoms with Crippen molar-refractivity contribution in [3.8, 4) is 11.5 Å². The van der Waals surface area contributed by atoms with Crippen LogP contribution in [0, 0.1) is 13.8 Å². The third-order valence-corrected chi connectivity index (χ3v) is 6.26. The van der Waals surface area contributed by atoms with Crippen LogP contribution in [0.3, 0.4) is 0 Å². The third kappa shape index (κ3) is 12.0. The standard InChI is InChI=1S/C14H14O2S.C13H26O2/c1-9-7-11(3-5-13(9)15)17-12-4-6-14(16)10(2)8-12;1-3-4-5-6-7-8-9-10-11-12-13(14)15-2/h3-8,15-16H,1-2H3;3-12H2,1-2H3. The molecule has 5 heteroatoms. The van der Waals surface area contributed by atoms with Crippen molar-refractivity contribution in [3.63, 3.8) is 0 Å². The van der Waals surface area contributed by atoms with E-state index >= 15 is 0 Å². The number of unbranched alkanes of at least 4 members (excludes halogenated alkanes) is 8. The second-order valence-electron chi connectivity index (χ2n) is 8.15. The van der Waals surface area contributed by atoms with Crippen LogP contribution in [0.2, 0.25) is 0 Å². The molecule has 2 rings (SSSR count). The number of hydrogen-bond donors (Lipinski definition) is 2. The van der Waals surface area contributed by atoms with Gasteiger partial charge < -0.3 is 14.9 Å². The molecule has 0 radical (unpaired) electrons. The summed E-state index contributed by atoms with van der Waals surface area (Å²) in [6.07, 6.45) is 12.2. The van der Waals surface area contributed by atoms with E-state index in [1.54, 1.807) is 23.9 Å². The van der Waals surface area contributed by atoms with E-state index in [0.29, 0.717) is 17.9 Å². The predicted octanol–water partition coefficient (Wildman–Crippen LogP) is 7.95. The Morgan fingerprint density at radius 3 is 1.62 bits per heavy atom. The highest BCUT2D eigenvalue weighted by molar-refractivity contribution is 7.99. The average molecular weight is 461 g/mol. The number of benzene rings is 2. The highest BCUT2D eigenvalue weighted by atomic mass is 32.2. The number of aromatic hydroxyl groups is 2. The van der Waals surface area contributed by atoms with E-state index in [1.165, 1.54) is 58.5 Å². The van der Waals surface area contributed by atoms with E-state index in [1.807, 2.05) is 38.1 Å². The Labute approximate surface area is 198 Å². The van der Waals surface area contributed by atoms with Crippen LogP contribution in [0.4, 0.5) is 0 Å². The highest BCUT2D eigenvalue weighted by Gasteiger charge is 2.03. The molecule has 0 saturated carbocycles. The van der Waals surface area contributed by atoms with Crippen LogP contribution in [-0.4, -0.2) is 23.3 Å². The molecule has 0 aliphatic heterocycles. The van der Waals surface area contributed by atoms with Gasteiger partial charge in [-0.25, -0.2) is 0 Å². The maximum absolute atomic E-state index is 10.8. The minimum absolute atomic E-state index is 0.0713. The Morgan fingerprint density at radius 1 is 0.781 bits per heavy atom. The summed E-state index contributed by atoms with van der Waals surface area (Å²) in [5, 5.41) is 18.9. The Bertz CT molecular complexity index is 755. The molecule has 178 valence electrons. The molecule has 2 N–H and O–H groups in total. The molecule has 0 fully saturated rings. The minimum atomic E-state index is -0.0713. The monoisotopic (exact) mass is 460 g/mol. The number of phenolic OH excluding ortho intramolecular Hbond substituents is 2. The van der Waals surface area contributed by atoms with Gasteiger partial charge in [-0.05, 0) is 67.8 Å². The van der Waals surface area contributed by atoms with Crippen molar-refractivity contribution in [2.75, 3.05) is 7.11 Å². The third-order valence-electron chi connectivity index (χ3n) is 5.28. The molecule has 4 nitrogen and oxygen atoms in total. The van der Waals surface area contributed by atoms with Gasteiger partial charge in [0.05, 0.1) is 7.11 Å². The quantitative estimate of drug-likeness (QED) is 0.248. The van der Waals surface area contributed by atoms with E-state index in [4.69, 9.17) is 0 Å². The fraction of sp³-hybridized carbons (Fsp3) is 0.519. The lowest BCUT2D eigenvalue weighted by Crippen LogP contribution is -1.99. The number of aryl methyl sites for hydroxylation is 2. The van der Waals surface area contributed by atoms with Crippen molar-refractivity contribution >= 4 is 17.7 Å². The van der Waals surface area contributed by atoms with E-state index in [2.05, 4.69) is 11.7 Å². The molecule has 0 aliphatic carbocycles. The topological polar surface area (TPSA) is 66.8 Å². The van der Waals surface area contributed by atoms with Gasteiger partial charge in [-0.1, -0.05) is 70.1 Å². The van der Waals surface area contributed by atoms with E-state index < -0.39 is 0 Å². The molecule has 0 unspecified atom stereocenters. The predicted molar refractivity (Wildman–Crippen MR) is 134 cm³/mol. The molecule has 2 aromatic carbocycles. The fourth-order valence-electron chi connectivity index (χ4n) is 3.20. The Kier molecular flexibility index (Phi) is 14.4. The van der Waals surface area contributed by atoms with Gasteiger partial charge in [0.15, 0.2) is 0 Å². The van der Waals surface area contributed by atoms with Crippen molar-refractivity contribution in [2.45, 2.75) is 94.8 Å². The van der Waals surface area contributed by atoms with Crippen molar-refractivity contribution in [1.29, 1.82) is 0 Å². The summed E-state index contributed by atoms with van der Waals surface area (Å²) in [4.78, 5) is 12.9. The van der Waals surface area contributed by atoms with Crippen LogP contribution < -0.4 is 0 Å². The second kappa shape index (κ2) is 16.5. The average Bonchev–Trinajstić information content (AvgIpc) is 2.78. The number of ether oxygens (including phenoxy) is 1. The lowest BCUT2D eigenvalue weighted by atomic mass is 10.1. The Hall–Kier alpha value is -2.14. The molecule has 0 aromatic heterocycles. The summed E-state index contributed by atoms with van der Waals surface area (Å²) >= 11 is 1.61. The van der Waals surface area contributed by atoms with Crippen LogP contribution in [0.1, 0.15) is 82.3 Å². The van der Waals surface area contributed by atoms with E-state index in [0.717, 1.165) is 27.3 Å². The smallest absolute Gasteiger partial charge is 0.305 e. The van der Waals surface area contributed by atoms with Gasteiger partial charge in [0.25, 0.3) is 0 Å². The first-order valence-corrected chi connectivity index (χ1v) is 12.5. The maximum atomic E-state index is 10.8. The molecule has 0 spiro atoms. The lowest BCUT2D eigenvalue weighted by molar-refractivity contribution is -0.140. The highest BCUT2D eigenvalue weighted by Crippen LogP contribution is 2.32. The molecule has 0 heterocycles. The maximum Gasteiger partial charge on any atom is 0.305 e. The largest absolute Gasteiger partial charge is 0.508 e. The van der Waals surface area contributed by atoms with Crippen molar-refractivity contribution in [1.82, 2.24) is 0 Å². The zero-order chi connectivity index (χ0) is 23.8. The van der Waals surface area contributed by atoms with E-state index in [-0.39, 0.29) is 5.97 Å². The van der Waals surface area contributed by atoms with E-state index in [9.17, 15) is 15.0 Å². The number of methoxy groups -OCH3 is 1. The number of carbonyl (C=O) groups is 1. The fourth-order valence-corrected chi connectivity index (χ4v) is 4.22. The lowest BCUT2D eigenvalue weighted by Gasteiger charge is -2.06. The van der Waals surface area contributed by atoms with Crippen molar-refractivity contribution in [3.05, 3.63) is 47.5 Å².